The van der Waals surface area contributed by atoms with Gasteiger partial charge in [-0.3, -0.25) is 9.48 Å². The SMILES string of the molecule is O=C(c1c[nH]c2ccccc12)N1CCCC[C@H]1CCn1cccn1. The first kappa shape index (κ1) is 15.0. The maximum absolute atomic E-state index is 13.1. The van der Waals surface area contributed by atoms with Gasteiger partial charge < -0.3 is 9.88 Å². The van der Waals surface area contributed by atoms with Crippen LogP contribution in [0.3, 0.4) is 0 Å². The first-order valence-electron chi connectivity index (χ1n) is 8.67. The predicted octanol–water partition coefficient (Wildman–Crippen LogP) is 3.45. The van der Waals surface area contributed by atoms with E-state index >= 15 is 0 Å². The average molecular weight is 322 g/mol. The highest BCUT2D eigenvalue weighted by Crippen LogP contribution is 2.25. The van der Waals surface area contributed by atoms with Gasteiger partial charge in [0, 0.05) is 48.6 Å². The summed E-state index contributed by atoms with van der Waals surface area (Å²) in [6, 6.07) is 10.2. The van der Waals surface area contributed by atoms with Gasteiger partial charge in [-0.2, -0.15) is 5.10 Å². The van der Waals surface area contributed by atoms with E-state index in [9.17, 15) is 4.79 Å². The van der Waals surface area contributed by atoms with Crippen molar-refractivity contribution < 1.29 is 4.79 Å². The Labute approximate surface area is 141 Å². The molecule has 4 rings (SSSR count). The van der Waals surface area contributed by atoms with Crippen molar-refractivity contribution in [1.82, 2.24) is 19.7 Å². The number of hydrogen-bond donors (Lipinski definition) is 1. The molecule has 124 valence electrons. The van der Waals surface area contributed by atoms with E-state index in [-0.39, 0.29) is 5.91 Å². The van der Waals surface area contributed by atoms with E-state index in [1.54, 1.807) is 6.20 Å². The summed E-state index contributed by atoms with van der Waals surface area (Å²) >= 11 is 0. The molecular formula is C19H22N4O. The van der Waals surface area contributed by atoms with Crippen molar-refractivity contribution >= 4 is 16.8 Å². The Morgan fingerprint density at radius 2 is 2.17 bits per heavy atom. The summed E-state index contributed by atoms with van der Waals surface area (Å²) in [5.41, 5.74) is 1.81. The van der Waals surface area contributed by atoms with E-state index in [1.165, 1.54) is 6.42 Å². The lowest BCUT2D eigenvalue weighted by Gasteiger charge is -2.36. The summed E-state index contributed by atoms with van der Waals surface area (Å²) in [6.45, 7) is 1.71. The van der Waals surface area contributed by atoms with Gasteiger partial charge in [0.25, 0.3) is 5.91 Å². The number of fused-ring (bicyclic) bond motifs is 1. The van der Waals surface area contributed by atoms with Crippen LogP contribution in [-0.4, -0.2) is 38.2 Å². The minimum Gasteiger partial charge on any atom is -0.360 e. The number of hydrogen-bond acceptors (Lipinski definition) is 2. The molecule has 0 aliphatic carbocycles. The molecule has 24 heavy (non-hydrogen) atoms. The van der Waals surface area contributed by atoms with Crippen LogP contribution in [0.5, 0.6) is 0 Å². The number of rotatable bonds is 4. The smallest absolute Gasteiger partial charge is 0.256 e. The van der Waals surface area contributed by atoms with E-state index in [2.05, 4.69) is 15.0 Å². The summed E-state index contributed by atoms with van der Waals surface area (Å²) < 4.78 is 1.95. The number of para-hydroxylation sites is 1. The summed E-state index contributed by atoms with van der Waals surface area (Å²) in [6.07, 6.45) is 9.95. The molecule has 5 nitrogen and oxygen atoms in total. The number of nitrogens with one attached hydrogen (secondary N) is 1. The molecule has 1 fully saturated rings. The largest absolute Gasteiger partial charge is 0.360 e. The van der Waals surface area contributed by atoms with Crippen LogP contribution >= 0.6 is 0 Å². The zero-order valence-electron chi connectivity index (χ0n) is 13.7. The molecule has 0 unspecified atom stereocenters. The van der Waals surface area contributed by atoms with E-state index in [0.29, 0.717) is 6.04 Å². The van der Waals surface area contributed by atoms with Crippen LogP contribution in [-0.2, 0) is 6.54 Å². The molecule has 1 amide bonds. The van der Waals surface area contributed by atoms with Crippen molar-refractivity contribution in [2.24, 2.45) is 0 Å². The molecule has 3 heterocycles. The predicted molar refractivity (Wildman–Crippen MR) is 93.8 cm³/mol. The Kier molecular flexibility index (Phi) is 4.07. The van der Waals surface area contributed by atoms with E-state index in [0.717, 1.165) is 48.8 Å². The summed E-state index contributed by atoms with van der Waals surface area (Å²) in [5, 5.41) is 5.28. The van der Waals surface area contributed by atoms with Gasteiger partial charge in [-0.15, -0.1) is 0 Å². The number of carbonyl (C=O) groups is 1. The maximum atomic E-state index is 13.1. The van der Waals surface area contributed by atoms with Crippen LogP contribution in [0.25, 0.3) is 10.9 Å². The summed E-state index contributed by atoms with van der Waals surface area (Å²) in [7, 11) is 0. The van der Waals surface area contributed by atoms with Crippen LogP contribution in [0.2, 0.25) is 0 Å². The second-order valence-corrected chi connectivity index (χ2v) is 6.45. The molecular weight excluding hydrogens is 300 g/mol. The molecule has 1 aromatic carbocycles. The van der Waals surface area contributed by atoms with Crippen molar-refractivity contribution in [3.63, 3.8) is 0 Å². The minimum atomic E-state index is 0.151. The number of carbonyl (C=O) groups excluding carboxylic acids is 1. The number of nitrogens with zero attached hydrogens (tertiary/aromatic N) is 3. The Morgan fingerprint density at radius 1 is 1.25 bits per heavy atom. The van der Waals surface area contributed by atoms with Gasteiger partial charge in [0.1, 0.15) is 0 Å². The lowest BCUT2D eigenvalue weighted by atomic mass is 9.98. The van der Waals surface area contributed by atoms with Gasteiger partial charge in [0.2, 0.25) is 0 Å². The Hall–Kier alpha value is -2.56. The van der Waals surface area contributed by atoms with E-state index in [1.807, 2.05) is 47.4 Å². The van der Waals surface area contributed by atoms with E-state index in [4.69, 9.17) is 0 Å². The number of amides is 1. The highest BCUT2D eigenvalue weighted by Gasteiger charge is 2.28. The molecule has 1 N–H and O–H groups in total. The highest BCUT2D eigenvalue weighted by atomic mass is 16.2. The molecule has 0 bridgehead atoms. The van der Waals surface area contributed by atoms with Gasteiger partial charge in [-0.1, -0.05) is 18.2 Å². The van der Waals surface area contributed by atoms with Crippen molar-refractivity contribution in [2.75, 3.05) is 6.54 Å². The quantitative estimate of drug-likeness (QED) is 0.800. The number of aromatic nitrogens is 3. The average Bonchev–Trinajstić information content (AvgIpc) is 3.29. The zero-order valence-corrected chi connectivity index (χ0v) is 13.7. The number of benzene rings is 1. The first-order chi connectivity index (χ1) is 11.8. The standard InChI is InChI=1S/C19H22N4O/c24-19(17-14-20-18-8-2-1-7-16(17)18)23-12-4-3-6-15(23)9-13-22-11-5-10-21-22/h1-2,5,7-8,10-11,14-15,20H,3-4,6,9,12-13H2/t15-/m0/s1. The van der Waals surface area contributed by atoms with Gasteiger partial charge in [-0.25, -0.2) is 0 Å². The van der Waals surface area contributed by atoms with Crippen LogP contribution in [0.15, 0.2) is 48.9 Å². The fraction of sp³-hybridized carbons (Fsp3) is 0.368. The van der Waals surface area contributed by atoms with Crippen LogP contribution in [0.4, 0.5) is 0 Å². The molecule has 1 saturated heterocycles. The fourth-order valence-corrected chi connectivity index (χ4v) is 3.69. The molecule has 3 aromatic rings. The Bertz CT molecular complexity index is 821. The molecule has 1 atom stereocenters. The fourth-order valence-electron chi connectivity index (χ4n) is 3.69. The molecule has 0 spiro atoms. The summed E-state index contributed by atoms with van der Waals surface area (Å²) in [5.74, 6) is 0.151. The third kappa shape index (κ3) is 2.82. The molecule has 2 aromatic heterocycles. The van der Waals surface area contributed by atoms with Crippen LogP contribution < -0.4 is 0 Å². The van der Waals surface area contributed by atoms with E-state index < -0.39 is 0 Å². The Morgan fingerprint density at radius 3 is 3.04 bits per heavy atom. The third-order valence-corrected chi connectivity index (χ3v) is 4.96. The molecule has 1 aliphatic heterocycles. The number of likely N-dealkylation sites (tertiary alicyclic amines) is 1. The zero-order chi connectivity index (χ0) is 16.4. The lowest BCUT2D eigenvalue weighted by Crippen LogP contribution is -2.44. The highest BCUT2D eigenvalue weighted by molar-refractivity contribution is 6.06. The number of piperidine rings is 1. The molecule has 5 heteroatoms. The minimum absolute atomic E-state index is 0.151. The second-order valence-electron chi connectivity index (χ2n) is 6.45. The van der Waals surface area contributed by atoms with Gasteiger partial charge >= 0.3 is 0 Å². The second kappa shape index (κ2) is 6.51. The van der Waals surface area contributed by atoms with Crippen LogP contribution in [0, 0.1) is 0 Å². The van der Waals surface area contributed by atoms with Crippen molar-refractivity contribution in [3.8, 4) is 0 Å². The molecule has 1 aliphatic rings. The lowest BCUT2D eigenvalue weighted by molar-refractivity contribution is 0.0596. The molecule has 0 saturated carbocycles. The monoisotopic (exact) mass is 322 g/mol. The topological polar surface area (TPSA) is 53.9 Å². The maximum Gasteiger partial charge on any atom is 0.256 e. The summed E-state index contributed by atoms with van der Waals surface area (Å²) in [4.78, 5) is 18.4. The van der Waals surface area contributed by atoms with Gasteiger partial charge in [-0.05, 0) is 37.8 Å². The first-order valence-corrected chi connectivity index (χ1v) is 8.67. The van der Waals surface area contributed by atoms with Crippen molar-refractivity contribution in [3.05, 3.63) is 54.5 Å². The normalized spacial score (nSPS) is 18.2. The van der Waals surface area contributed by atoms with Gasteiger partial charge in [0.05, 0.1) is 5.56 Å². The van der Waals surface area contributed by atoms with Crippen molar-refractivity contribution in [1.29, 1.82) is 0 Å². The molecule has 0 radical (unpaired) electrons. The third-order valence-electron chi connectivity index (χ3n) is 4.96. The number of aromatic amines is 1. The van der Waals surface area contributed by atoms with Gasteiger partial charge in [0.15, 0.2) is 0 Å². The number of H-pyrrole nitrogens is 1. The van der Waals surface area contributed by atoms with Crippen molar-refractivity contribution in [2.45, 2.75) is 38.3 Å². The number of aryl methyl sites for hydroxylation is 1. The Balaban J connectivity index is 1.54. The van der Waals surface area contributed by atoms with Crippen LogP contribution in [0.1, 0.15) is 36.0 Å².